The molecule has 1 atom stereocenters. The number of benzene rings is 1. The van der Waals surface area contributed by atoms with Crippen LogP contribution in [0.15, 0.2) is 24.3 Å². The van der Waals surface area contributed by atoms with Crippen molar-refractivity contribution in [1.29, 1.82) is 0 Å². The number of likely N-dealkylation sites (N-methyl/N-ethyl adjacent to an activating group) is 1. The topological polar surface area (TPSA) is 12.5 Å². The molecule has 1 fully saturated rings. The summed E-state index contributed by atoms with van der Waals surface area (Å²) in [4.78, 5) is 2.19. The highest BCUT2D eigenvalue weighted by Gasteiger charge is 2.21. The maximum absolute atomic E-state index is 13.2. The maximum Gasteiger partial charge on any atom is 0.165 e. The van der Waals surface area contributed by atoms with Crippen molar-refractivity contribution < 1.29 is 9.13 Å². The molecule has 1 aromatic carbocycles. The number of halogens is 1. The summed E-state index contributed by atoms with van der Waals surface area (Å²) < 4.78 is 18.8. The van der Waals surface area contributed by atoms with Crippen LogP contribution in [0.1, 0.15) is 6.42 Å². The molecule has 0 N–H and O–H groups in total. The van der Waals surface area contributed by atoms with Gasteiger partial charge in [-0.15, -0.1) is 0 Å². The molecule has 0 amide bonds. The second kappa shape index (κ2) is 3.96. The fraction of sp³-hybridized carbons (Fsp3) is 0.455. The first-order valence-corrected chi connectivity index (χ1v) is 4.85. The fourth-order valence-electron chi connectivity index (χ4n) is 1.71. The van der Waals surface area contributed by atoms with Crippen molar-refractivity contribution in [3.05, 3.63) is 30.1 Å². The molecule has 0 aliphatic carbocycles. The van der Waals surface area contributed by atoms with Gasteiger partial charge in [-0.3, -0.25) is 0 Å². The third kappa shape index (κ3) is 2.04. The van der Waals surface area contributed by atoms with Crippen molar-refractivity contribution in [2.75, 3.05) is 20.1 Å². The first-order valence-electron chi connectivity index (χ1n) is 4.85. The molecule has 0 saturated carbocycles. The lowest BCUT2D eigenvalue weighted by molar-refractivity contribution is 0.199. The summed E-state index contributed by atoms with van der Waals surface area (Å²) in [5, 5.41) is 0. The van der Waals surface area contributed by atoms with Crippen LogP contribution in [0.4, 0.5) is 4.39 Å². The fourth-order valence-corrected chi connectivity index (χ4v) is 1.71. The van der Waals surface area contributed by atoms with Crippen molar-refractivity contribution in [1.82, 2.24) is 4.90 Å². The summed E-state index contributed by atoms with van der Waals surface area (Å²) in [7, 11) is 2.05. The van der Waals surface area contributed by atoms with Crippen molar-refractivity contribution >= 4 is 0 Å². The zero-order valence-corrected chi connectivity index (χ0v) is 8.24. The van der Waals surface area contributed by atoms with Crippen LogP contribution in [0.25, 0.3) is 0 Å². The minimum Gasteiger partial charge on any atom is -0.486 e. The van der Waals surface area contributed by atoms with E-state index in [-0.39, 0.29) is 11.9 Å². The summed E-state index contributed by atoms with van der Waals surface area (Å²) in [6.45, 7) is 1.91. The minimum absolute atomic E-state index is 0.136. The number of rotatable bonds is 2. The normalized spacial score (nSPS) is 22.6. The van der Waals surface area contributed by atoms with E-state index in [1.165, 1.54) is 6.07 Å². The van der Waals surface area contributed by atoms with E-state index in [4.69, 9.17) is 4.74 Å². The molecule has 0 radical (unpaired) electrons. The number of hydrogen-bond acceptors (Lipinski definition) is 2. The van der Waals surface area contributed by atoms with Crippen molar-refractivity contribution in [2.45, 2.75) is 12.5 Å². The van der Waals surface area contributed by atoms with Crippen LogP contribution < -0.4 is 4.74 Å². The van der Waals surface area contributed by atoms with Crippen LogP contribution in [0.5, 0.6) is 5.75 Å². The zero-order chi connectivity index (χ0) is 9.97. The largest absolute Gasteiger partial charge is 0.486 e. The maximum atomic E-state index is 13.2. The Bertz CT molecular complexity index is 316. The summed E-state index contributed by atoms with van der Waals surface area (Å²) in [6, 6.07) is 6.56. The molecule has 0 spiro atoms. The van der Waals surface area contributed by atoms with E-state index >= 15 is 0 Å². The molecule has 0 unspecified atom stereocenters. The lowest BCUT2D eigenvalue weighted by Gasteiger charge is -2.13. The van der Waals surface area contributed by atoms with Crippen LogP contribution in [-0.2, 0) is 0 Å². The lowest BCUT2D eigenvalue weighted by atomic mass is 10.3. The van der Waals surface area contributed by atoms with Crippen molar-refractivity contribution in [3.8, 4) is 5.75 Å². The van der Waals surface area contributed by atoms with Gasteiger partial charge in [-0.2, -0.15) is 0 Å². The molecular weight excluding hydrogens is 181 g/mol. The Hall–Kier alpha value is -1.09. The second-order valence-electron chi connectivity index (χ2n) is 3.72. The standard InChI is InChI=1S/C11H14FNO/c1-13-7-6-9(8-13)14-11-5-3-2-4-10(11)12/h2-5,9H,6-8H2,1H3/t9-/m1/s1. The summed E-state index contributed by atoms with van der Waals surface area (Å²) >= 11 is 0. The van der Waals surface area contributed by atoms with Gasteiger partial charge in [0.25, 0.3) is 0 Å². The zero-order valence-electron chi connectivity index (χ0n) is 8.24. The Labute approximate surface area is 83.3 Å². The molecule has 1 saturated heterocycles. The Morgan fingerprint density at radius 1 is 1.43 bits per heavy atom. The van der Waals surface area contributed by atoms with Gasteiger partial charge >= 0.3 is 0 Å². The SMILES string of the molecule is CN1CC[C@@H](Oc2ccccc2F)C1. The van der Waals surface area contributed by atoms with E-state index in [1.54, 1.807) is 18.2 Å². The highest BCUT2D eigenvalue weighted by molar-refractivity contribution is 5.24. The van der Waals surface area contributed by atoms with Gasteiger partial charge in [-0.05, 0) is 25.6 Å². The van der Waals surface area contributed by atoms with Gasteiger partial charge < -0.3 is 9.64 Å². The molecule has 1 heterocycles. The number of ether oxygens (including phenoxy) is 1. The van der Waals surface area contributed by atoms with E-state index in [0.717, 1.165) is 19.5 Å². The molecule has 1 aromatic rings. The van der Waals surface area contributed by atoms with Crippen molar-refractivity contribution in [2.24, 2.45) is 0 Å². The summed E-state index contributed by atoms with van der Waals surface area (Å²) in [5.74, 6) is 0.0925. The Balaban J connectivity index is 2.01. The highest BCUT2D eigenvalue weighted by Crippen LogP contribution is 2.20. The number of hydrogen-bond donors (Lipinski definition) is 0. The molecule has 0 bridgehead atoms. The monoisotopic (exact) mass is 195 g/mol. The van der Waals surface area contributed by atoms with E-state index in [0.29, 0.717) is 5.75 Å². The van der Waals surface area contributed by atoms with Crippen molar-refractivity contribution in [3.63, 3.8) is 0 Å². The van der Waals surface area contributed by atoms with Gasteiger partial charge in [0.15, 0.2) is 11.6 Å². The molecule has 0 aromatic heterocycles. The highest BCUT2D eigenvalue weighted by atomic mass is 19.1. The lowest BCUT2D eigenvalue weighted by Crippen LogP contribution is -2.21. The molecule has 14 heavy (non-hydrogen) atoms. The molecular formula is C11H14FNO. The molecule has 3 heteroatoms. The third-order valence-corrected chi connectivity index (χ3v) is 2.48. The van der Waals surface area contributed by atoms with Crippen LogP contribution in [0, 0.1) is 5.82 Å². The molecule has 1 aliphatic heterocycles. The Morgan fingerprint density at radius 2 is 2.21 bits per heavy atom. The summed E-state index contributed by atoms with van der Waals surface area (Å²) in [6.07, 6.45) is 1.11. The predicted octanol–water partition coefficient (Wildman–Crippen LogP) is 1.91. The van der Waals surface area contributed by atoms with E-state index in [1.807, 2.05) is 7.05 Å². The molecule has 76 valence electrons. The molecule has 1 aliphatic rings. The third-order valence-electron chi connectivity index (χ3n) is 2.48. The van der Waals surface area contributed by atoms with Gasteiger partial charge in [-0.25, -0.2) is 4.39 Å². The van der Waals surface area contributed by atoms with Gasteiger partial charge in [0, 0.05) is 13.1 Å². The first kappa shape index (κ1) is 9.46. The van der Waals surface area contributed by atoms with E-state index < -0.39 is 0 Å². The van der Waals surface area contributed by atoms with Gasteiger partial charge in [-0.1, -0.05) is 12.1 Å². The first-order chi connectivity index (χ1) is 6.75. The minimum atomic E-state index is -0.276. The van der Waals surface area contributed by atoms with Crippen LogP contribution >= 0.6 is 0 Å². The van der Waals surface area contributed by atoms with Gasteiger partial charge in [0.2, 0.25) is 0 Å². The molecule has 2 nitrogen and oxygen atoms in total. The van der Waals surface area contributed by atoms with Crippen LogP contribution in [0.2, 0.25) is 0 Å². The average Bonchev–Trinajstić information content (AvgIpc) is 2.56. The predicted molar refractivity (Wildman–Crippen MR) is 52.9 cm³/mol. The van der Waals surface area contributed by atoms with Gasteiger partial charge in [0.1, 0.15) is 6.10 Å². The number of likely N-dealkylation sites (tertiary alicyclic amines) is 1. The van der Waals surface area contributed by atoms with E-state index in [2.05, 4.69) is 4.90 Å². The number of para-hydroxylation sites is 1. The quantitative estimate of drug-likeness (QED) is 0.714. The molecule has 2 rings (SSSR count). The average molecular weight is 195 g/mol. The summed E-state index contributed by atoms with van der Waals surface area (Å²) in [5.41, 5.74) is 0. The van der Waals surface area contributed by atoms with E-state index in [9.17, 15) is 4.39 Å². The number of nitrogens with zero attached hydrogens (tertiary/aromatic N) is 1. The smallest absolute Gasteiger partial charge is 0.165 e. The van der Waals surface area contributed by atoms with Gasteiger partial charge in [0.05, 0.1) is 0 Å². The second-order valence-corrected chi connectivity index (χ2v) is 3.72. The Kier molecular flexibility index (Phi) is 2.68. The van der Waals surface area contributed by atoms with Crippen LogP contribution in [0.3, 0.4) is 0 Å². The van der Waals surface area contributed by atoms with Crippen LogP contribution in [-0.4, -0.2) is 31.1 Å². The Morgan fingerprint density at radius 3 is 2.86 bits per heavy atom.